The van der Waals surface area contributed by atoms with Gasteiger partial charge in [0.05, 0.1) is 4.92 Å². The highest BCUT2D eigenvalue weighted by Gasteiger charge is 2.23. The Balaban J connectivity index is 3.09. The maximum Gasteiger partial charge on any atom is 0.272 e. The summed E-state index contributed by atoms with van der Waals surface area (Å²) in [7, 11) is 0. The van der Waals surface area contributed by atoms with Crippen LogP contribution in [-0.2, 0) is 0 Å². The van der Waals surface area contributed by atoms with E-state index in [1.54, 1.807) is 13.0 Å². The van der Waals surface area contributed by atoms with Crippen molar-refractivity contribution in [1.82, 2.24) is 4.90 Å². The fraction of sp³-hybridized carbons (Fsp3) is 0.533. The van der Waals surface area contributed by atoms with Crippen LogP contribution < -0.4 is 0 Å². The Morgan fingerprint density at radius 1 is 1.38 bits per heavy atom. The van der Waals surface area contributed by atoms with Gasteiger partial charge in [0.2, 0.25) is 0 Å². The number of nitrogens with zero attached hydrogens (tertiary/aromatic N) is 2. The zero-order chi connectivity index (χ0) is 16.0. The van der Waals surface area contributed by atoms with Crippen LogP contribution in [0.4, 0.5) is 5.69 Å². The first kappa shape index (κ1) is 17.6. The number of rotatable bonds is 7. The van der Waals surface area contributed by atoms with Crippen LogP contribution in [-0.4, -0.2) is 33.6 Å². The Labute approximate surface area is 133 Å². The topological polar surface area (TPSA) is 63.5 Å². The molecule has 0 atom stereocenters. The second-order valence-corrected chi connectivity index (χ2v) is 5.71. The molecular weight excluding hydrogens is 336 g/mol. The quantitative estimate of drug-likeness (QED) is 0.422. The molecule has 0 unspecified atom stereocenters. The molecule has 0 aliphatic heterocycles. The minimum atomic E-state index is -0.430. The lowest BCUT2D eigenvalue weighted by Gasteiger charge is -2.30. The van der Waals surface area contributed by atoms with Crippen molar-refractivity contribution in [3.8, 4) is 0 Å². The molecule has 0 spiro atoms. The van der Waals surface area contributed by atoms with Gasteiger partial charge in [0.15, 0.2) is 0 Å². The average Bonchev–Trinajstić information content (AvgIpc) is 2.46. The van der Waals surface area contributed by atoms with Crippen LogP contribution in [0.3, 0.4) is 0 Å². The highest BCUT2D eigenvalue weighted by Crippen LogP contribution is 2.21. The van der Waals surface area contributed by atoms with E-state index in [4.69, 9.17) is 0 Å². The summed E-state index contributed by atoms with van der Waals surface area (Å²) in [6, 6.07) is 4.73. The predicted octanol–water partition coefficient (Wildman–Crippen LogP) is 3.93. The van der Waals surface area contributed by atoms with Crippen molar-refractivity contribution >= 4 is 27.5 Å². The molecule has 0 aliphatic carbocycles. The second-order valence-electron chi connectivity index (χ2n) is 4.92. The van der Waals surface area contributed by atoms with E-state index in [0.717, 1.165) is 12.8 Å². The molecule has 0 fully saturated rings. The van der Waals surface area contributed by atoms with Crippen LogP contribution in [0.15, 0.2) is 18.2 Å². The fourth-order valence-electron chi connectivity index (χ4n) is 2.43. The van der Waals surface area contributed by atoms with Crippen molar-refractivity contribution in [3.63, 3.8) is 0 Å². The molecule has 116 valence electrons. The molecule has 0 saturated heterocycles. The van der Waals surface area contributed by atoms with Crippen LogP contribution >= 0.6 is 15.9 Å². The van der Waals surface area contributed by atoms with Gasteiger partial charge in [0.25, 0.3) is 11.6 Å². The Hall–Kier alpha value is -1.43. The van der Waals surface area contributed by atoms with Crippen LogP contribution in [0, 0.1) is 17.0 Å². The van der Waals surface area contributed by atoms with Gasteiger partial charge in [-0.25, -0.2) is 0 Å². The van der Waals surface area contributed by atoms with E-state index in [1.807, 2.05) is 4.90 Å². The number of benzene rings is 1. The lowest BCUT2D eigenvalue weighted by atomic mass is 10.1. The zero-order valence-electron chi connectivity index (χ0n) is 12.6. The van der Waals surface area contributed by atoms with Crippen LogP contribution in [0.1, 0.15) is 42.6 Å². The minimum Gasteiger partial charge on any atom is -0.335 e. The number of alkyl halides is 1. The van der Waals surface area contributed by atoms with Crippen molar-refractivity contribution in [3.05, 3.63) is 39.4 Å². The lowest BCUT2D eigenvalue weighted by molar-refractivity contribution is -0.385. The van der Waals surface area contributed by atoms with Gasteiger partial charge < -0.3 is 4.90 Å². The third-order valence-corrected chi connectivity index (χ3v) is 3.96. The molecule has 1 aromatic carbocycles. The summed E-state index contributed by atoms with van der Waals surface area (Å²) in [6.45, 7) is 6.40. The van der Waals surface area contributed by atoms with E-state index < -0.39 is 4.92 Å². The van der Waals surface area contributed by atoms with Crippen molar-refractivity contribution in [2.45, 2.75) is 39.7 Å². The molecule has 0 radical (unpaired) electrons. The number of nitro benzene ring substituents is 1. The molecule has 1 amide bonds. The zero-order valence-corrected chi connectivity index (χ0v) is 14.2. The molecule has 0 bridgehead atoms. The fourth-order valence-corrected chi connectivity index (χ4v) is 2.81. The minimum absolute atomic E-state index is 0.0427. The van der Waals surface area contributed by atoms with Gasteiger partial charge in [-0.1, -0.05) is 29.8 Å². The maximum absolute atomic E-state index is 12.7. The van der Waals surface area contributed by atoms with Crippen LogP contribution in [0.2, 0.25) is 0 Å². The van der Waals surface area contributed by atoms with E-state index in [1.165, 1.54) is 12.1 Å². The van der Waals surface area contributed by atoms with Gasteiger partial charge in [-0.2, -0.15) is 0 Å². The van der Waals surface area contributed by atoms with Gasteiger partial charge in [0.1, 0.15) is 0 Å². The largest absolute Gasteiger partial charge is 0.335 e. The molecule has 1 aromatic rings. The number of hydrogen-bond acceptors (Lipinski definition) is 3. The van der Waals surface area contributed by atoms with Gasteiger partial charge >= 0.3 is 0 Å². The van der Waals surface area contributed by atoms with Crippen molar-refractivity contribution in [2.24, 2.45) is 0 Å². The van der Waals surface area contributed by atoms with E-state index in [2.05, 4.69) is 29.8 Å². The lowest BCUT2D eigenvalue weighted by Crippen LogP contribution is -2.41. The van der Waals surface area contributed by atoms with Crippen LogP contribution in [0.25, 0.3) is 0 Å². The van der Waals surface area contributed by atoms with E-state index in [9.17, 15) is 14.9 Å². The van der Waals surface area contributed by atoms with Crippen molar-refractivity contribution in [2.75, 3.05) is 11.9 Å². The van der Waals surface area contributed by atoms with Crippen LogP contribution in [0.5, 0.6) is 0 Å². The van der Waals surface area contributed by atoms with Gasteiger partial charge in [-0.3, -0.25) is 14.9 Å². The standard InChI is InChI=1S/C15H21BrN2O3/c1-4-13(5-2)17(9-8-16)15(19)12-6-7-14(18(20)21)11(3)10-12/h6-7,10,13H,4-5,8-9H2,1-3H3. The summed E-state index contributed by atoms with van der Waals surface area (Å²) in [5.41, 5.74) is 1.06. The van der Waals surface area contributed by atoms with Crippen molar-refractivity contribution in [1.29, 1.82) is 0 Å². The van der Waals surface area contributed by atoms with Gasteiger partial charge in [0, 0.05) is 35.1 Å². The summed E-state index contributed by atoms with van der Waals surface area (Å²) < 4.78 is 0. The molecule has 0 aliphatic rings. The number of halogens is 1. The van der Waals surface area contributed by atoms with E-state index >= 15 is 0 Å². The Morgan fingerprint density at radius 2 is 2.00 bits per heavy atom. The van der Waals surface area contributed by atoms with Gasteiger partial charge in [-0.15, -0.1) is 0 Å². The van der Waals surface area contributed by atoms with Gasteiger partial charge in [-0.05, 0) is 31.9 Å². The number of carbonyl (C=O) groups is 1. The normalized spacial score (nSPS) is 10.7. The molecule has 21 heavy (non-hydrogen) atoms. The number of carbonyl (C=O) groups excluding carboxylic acids is 1. The molecule has 5 nitrogen and oxygen atoms in total. The third-order valence-electron chi connectivity index (χ3n) is 3.61. The summed E-state index contributed by atoms with van der Waals surface area (Å²) in [5, 5.41) is 11.6. The Morgan fingerprint density at radius 3 is 2.43 bits per heavy atom. The van der Waals surface area contributed by atoms with E-state index in [0.29, 0.717) is 23.0 Å². The molecular formula is C15H21BrN2O3. The molecule has 0 N–H and O–H groups in total. The Bertz CT molecular complexity index is 516. The summed E-state index contributed by atoms with van der Waals surface area (Å²) in [5.74, 6) is -0.0684. The summed E-state index contributed by atoms with van der Waals surface area (Å²) in [6.07, 6.45) is 1.78. The highest BCUT2D eigenvalue weighted by atomic mass is 79.9. The molecule has 6 heteroatoms. The number of aryl methyl sites for hydroxylation is 1. The highest BCUT2D eigenvalue weighted by molar-refractivity contribution is 9.09. The number of hydrogen-bond donors (Lipinski definition) is 0. The monoisotopic (exact) mass is 356 g/mol. The van der Waals surface area contributed by atoms with E-state index in [-0.39, 0.29) is 17.6 Å². The maximum atomic E-state index is 12.7. The Kier molecular flexibility index (Phi) is 6.81. The predicted molar refractivity (Wildman–Crippen MR) is 87.0 cm³/mol. The molecule has 0 saturated carbocycles. The first-order chi connectivity index (χ1) is 9.96. The average molecular weight is 357 g/mol. The number of amides is 1. The number of nitro groups is 1. The van der Waals surface area contributed by atoms with Crippen molar-refractivity contribution < 1.29 is 9.72 Å². The first-order valence-corrected chi connectivity index (χ1v) is 8.20. The first-order valence-electron chi connectivity index (χ1n) is 7.08. The molecule has 1 rings (SSSR count). The SMILES string of the molecule is CCC(CC)N(CCBr)C(=O)c1ccc([N+](=O)[O-])c(C)c1. The summed E-state index contributed by atoms with van der Waals surface area (Å²) >= 11 is 3.38. The summed E-state index contributed by atoms with van der Waals surface area (Å²) in [4.78, 5) is 24.9. The second kappa shape index (κ2) is 8.12. The molecule has 0 aromatic heterocycles. The smallest absolute Gasteiger partial charge is 0.272 e. The molecule has 0 heterocycles. The third kappa shape index (κ3) is 4.27.